The third-order valence-electron chi connectivity index (χ3n) is 1.11. The second kappa shape index (κ2) is 4.74. The van der Waals surface area contributed by atoms with E-state index < -0.39 is 0 Å². The Morgan fingerprint density at radius 2 is 2.50 bits per heavy atom. The molecule has 66 valence electrons. The van der Waals surface area contributed by atoms with Crippen LogP contribution in [0.1, 0.15) is 0 Å². The summed E-state index contributed by atoms with van der Waals surface area (Å²) in [7, 11) is 1.38. The van der Waals surface area contributed by atoms with Crippen molar-refractivity contribution < 1.29 is 9.53 Å². The summed E-state index contributed by atoms with van der Waals surface area (Å²) in [5, 5.41) is 0. The zero-order valence-electron chi connectivity index (χ0n) is 6.37. The number of halogens is 1. The molecule has 0 spiro atoms. The minimum absolute atomic E-state index is 0.218. The third kappa shape index (κ3) is 3.05. The van der Waals surface area contributed by atoms with E-state index in [0.717, 1.165) is 8.55 Å². The van der Waals surface area contributed by atoms with Gasteiger partial charge in [0.2, 0.25) is 0 Å². The fraction of sp³-hybridized carbons (Fsp3) is 0.286. The quantitative estimate of drug-likeness (QED) is 0.581. The molecule has 0 saturated carbocycles. The first-order chi connectivity index (χ1) is 5.72. The number of carbonyl (C=O) groups is 1. The number of thioether (sulfide) groups is 1. The van der Waals surface area contributed by atoms with Crippen molar-refractivity contribution >= 4 is 40.7 Å². The Morgan fingerprint density at radius 1 is 1.75 bits per heavy atom. The lowest BCUT2D eigenvalue weighted by molar-refractivity contribution is -0.137. The molecule has 0 saturated heterocycles. The van der Waals surface area contributed by atoms with Crippen molar-refractivity contribution in [3.63, 3.8) is 0 Å². The zero-order valence-corrected chi connectivity index (χ0v) is 8.76. The summed E-state index contributed by atoms with van der Waals surface area (Å²) in [6.07, 6.45) is 0. The van der Waals surface area contributed by atoms with Gasteiger partial charge >= 0.3 is 5.97 Å². The van der Waals surface area contributed by atoms with Crippen LogP contribution in [-0.2, 0) is 9.53 Å². The Balaban J connectivity index is 2.38. The van der Waals surface area contributed by atoms with Gasteiger partial charge in [-0.25, -0.2) is 0 Å². The first-order valence-corrected chi connectivity index (χ1v) is 5.35. The van der Waals surface area contributed by atoms with E-state index in [9.17, 15) is 4.79 Å². The van der Waals surface area contributed by atoms with Crippen LogP contribution in [0.25, 0.3) is 0 Å². The number of carbonyl (C=O) groups excluding carboxylic acids is 1. The number of methoxy groups -OCH3 is 1. The summed E-state index contributed by atoms with van der Waals surface area (Å²) in [5.74, 6) is 0.123. The van der Waals surface area contributed by atoms with E-state index in [2.05, 4.69) is 4.74 Å². The maximum atomic E-state index is 10.7. The average molecular weight is 223 g/mol. The molecule has 2 nitrogen and oxygen atoms in total. The highest BCUT2D eigenvalue weighted by Crippen LogP contribution is 2.29. The summed E-state index contributed by atoms with van der Waals surface area (Å²) in [5.41, 5.74) is 0. The largest absolute Gasteiger partial charge is 0.468 e. The predicted octanol–water partition coefficient (Wildman–Crippen LogP) is 2.67. The molecule has 12 heavy (non-hydrogen) atoms. The van der Waals surface area contributed by atoms with Crippen molar-refractivity contribution in [2.24, 2.45) is 0 Å². The number of ether oxygens (including phenoxy) is 1. The maximum Gasteiger partial charge on any atom is 0.316 e. The molecule has 0 aliphatic carbocycles. The van der Waals surface area contributed by atoms with Gasteiger partial charge in [0.15, 0.2) is 0 Å². The van der Waals surface area contributed by atoms with Gasteiger partial charge in [0, 0.05) is 0 Å². The molecule has 1 heterocycles. The molecular formula is C7H7ClO2S2. The molecule has 1 aromatic rings. The Kier molecular flexibility index (Phi) is 3.91. The van der Waals surface area contributed by atoms with Gasteiger partial charge in [-0.3, -0.25) is 4.79 Å². The molecule has 0 fully saturated rings. The summed E-state index contributed by atoms with van der Waals surface area (Å²) >= 11 is 8.59. The van der Waals surface area contributed by atoms with Crippen LogP contribution >= 0.6 is 34.7 Å². The van der Waals surface area contributed by atoms with Crippen LogP contribution in [0, 0.1) is 0 Å². The smallest absolute Gasteiger partial charge is 0.316 e. The first-order valence-electron chi connectivity index (χ1n) is 3.17. The highest BCUT2D eigenvalue weighted by Gasteiger charge is 2.03. The van der Waals surface area contributed by atoms with Gasteiger partial charge in [-0.05, 0) is 12.1 Å². The van der Waals surface area contributed by atoms with E-state index in [0.29, 0.717) is 5.75 Å². The minimum atomic E-state index is -0.218. The van der Waals surface area contributed by atoms with Crippen LogP contribution in [0.3, 0.4) is 0 Å². The van der Waals surface area contributed by atoms with Crippen molar-refractivity contribution in [3.8, 4) is 0 Å². The van der Waals surface area contributed by atoms with E-state index in [1.165, 1.54) is 30.2 Å². The fourth-order valence-corrected chi connectivity index (χ4v) is 2.70. The molecule has 1 aromatic heterocycles. The molecule has 1 rings (SSSR count). The normalized spacial score (nSPS) is 9.83. The third-order valence-corrected chi connectivity index (χ3v) is 3.54. The van der Waals surface area contributed by atoms with E-state index in [4.69, 9.17) is 11.6 Å². The van der Waals surface area contributed by atoms with Crippen molar-refractivity contribution in [2.75, 3.05) is 12.9 Å². The van der Waals surface area contributed by atoms with Gasteiger partial charge in [0.25, 0.3) is 0 Å². The van der Waals surface area contributed by atoms with Crippen molar-refractivity contribution in [1.82, 2.24) is 0 Å². The van der Waals surface area contributed by atoms with Crippen LogP contribution in [0.5, 0.6) is 0 Å². The molecule has 0 amide bonds. The first kappa shape index (κ1) is 9.89. The Bertz CT molecular complexity index is 272. The Labute approximate surface area is 83.9 Å². The number of hydrogen-bond acceptors (Lipinski definition) is 4. The number of hydrogen-bond donors (Lipinski definition) is 0. The van der Waals surface area contributed by atoms with E-state index in [1.807, 2.05) is 12.1 Å². The summed E-state index contributed by atoms with van der Waals surface area (Å²) in [6, 6.07) is 3.70. The second-order valence-electron chi connectivity index (χ2n) is 1.92. The topological polar surface area (TPSA) is 26.3 Å². The van der Waals surface area contributed by atoms with E-state index >= 15 is 0 Å². The van der Waals surface area contributed by atoms with Crippen LogP contribution in [0.15, 0.2) is 16.3 Å². The van der Waals surface area contributed by atoms with Gasteiger partial charge < -0.3 is 4.74 Å². The summed E-state index contributed by atoms with van der Waals surface area (Å²) in [6.45, 7) is 0. The lowest BCUT2D eigenvalue weighted by Crippen LogP contribution is -2.02. The maximum absolute atomic E-state index is 10.7. The minimum Gasteiger partial charge on any atom is -0.468 e. The molecule has 0 radical (unpaired) electrons. The van der Waals surface area contributed by atoms with Crippen molar-refractivity contribution in [2.45, 2.75) is 4.21 Å². The molecule has 0 unspecified atom stereocenters. The molecule has 0 N–H and O–H groups in total. The van der Waals surface area contributed by atoms with Crippen LogP contribution in [0.2, 0.25) is 4.34 Å². The SMILES string of the molecule is COC(=O)CSc1ccc(Cl)s1. The molecule has 0 aliphatic heterocycles. The van der Waals surface area contributed by atoms with Crippen LogP contribution < -0.4 is 0 Å². The highest BCUT2D eigenvalue weighted by molar-refractivity contribution is 8.01. The van der Waals surface area contributed by atoms with Gasteiger partial charge in [0.05, 0.1) is 21.4 Å². The molecule has 0 aromatic carbocycles. The highest BCUT2D eigenvalue weighted by atomic mass is 35.5. The molecular weight excluding hydrogens is 216 g/mol. The van der Waals surface area contributed by atoms with E-state index in [1.54, 1.807) is 0 Å². The van der Waals surface area contributed by atoms with Gasteiger partial charge in [0.1, 0.15) is 0 Å². The van der Waals surface area contributed by atoms with Gasteiger partial charge in [-0.2, -0.15) is 0 Å². The second-order valence-corrected chi connectivity index (χ2v) is 4.91. The lowest BCUT2D eigenvalue weighted by Gasteiger charge is -1.95. The Morgan fingerprint density at radius 3 is 3.00 bits per heavy atom. The van der Waals surface area contributed by atoms with Crippen molar-refractivity contribution in [1.29, 1.82) is 0 Å². The number of esters is 1. The van der Waals surface area contributed by atoms with Gasteiger partial charge in [-0.15, -0.1) is 23.1 Å². The average Bonchev–Trinajstić information content (AvgIpc) is 2.47. The molecule has 0 aliphatic rings. The predicted molar refractivity (Wildman–Crippen MR) is 52.1 cm³/mol. The van der Waals surface area contributed by atoms with Gasteiger partial charge in [-0.1, -0.05) is 11.6 Å². The monoisotopic (exact) mass is 222 g/mol. The molecule has 0 atom stereocenters. The summed E-state index contributed by atoms with van der Waals surface area (Å²) in [4.78, 5) is 10.7. The van der Waals surface area contributed by atoms with Crippen LogP contribution in [-0.4, -0.2) is 18.8 Å². The number of rotatable bonds is 3. The molecule has 5 heteroatoms. The lowest BCUT2D eigenvalue weighted by atomic mass is 10.7. The standard InChI is InChI=1S/C7H7ClO2S2/c1-10-6(9)4-11-7-3-2-5(8)12-7/h2-3H,4H2,1H3. The summed E-state index contributed by atoms with van der Waals surface area (Å²) < 4.78 is 6.26. The zero-order chi connectivity index (χ0) is 8.97. The van der Waals surface area contributed by atoms with E-state index in [-0.39, 0.29) is 5.97 Å². The van der Waals surface area contributed by atoms with Crippen LogP contribution in [0.4, 0.5) is 0 Å². The Hall–Kier alpha value is -0.190. The number of thiophene rings is 1. The van der Waals surface area contributed by atoms with Crippen molar-refractivity contribution in [3.05, 3.63) is 16.5 Å². The fourth-order valence-electron chi connectivity index (χ4n) is 0.564. The molecule has 0 bridgehead atoms.